The minimum Gasteiger partial charge on any atom is -0.394 e. The molecule has 0 bridgehead atoms. The first-order chi connectivity index (χ1) is 10.2. The summed E-state index contributed by atoms with van der Waals surface area (Å²) in [4.78, 5) is 13.9. The number of nitrogens with one attached hydrogen (secondary N) is 1. The maximum Gasteiger partial charge on any atom is 0.265 e. The average Bonchev–Trinajstić information content (AvgIpc) is 2.53. The zero-order valence-electron chi connectivity index (χ0n) is 12.1. The summed E-state index contributed by atoms with van der Waals surface area (Å²) in [5.74, 6) is 4.88. The van der Waals surface area contributed by atoms with Crippen molar-refractivity contribution >= 4 is 5.91 Å². The summed E-state index contributed by atoms with van der Waals surface area (Å²) >= 11 is 0. The van der Waals surface area contributed by atoms with Gasteiger partial charge in [-0.2, -0.15) is 0 Å². The molecule has 0 unspecified atom stereocenters. The Hall–Kier alpha value is -1.47. The van der Waals surface area contributed by atoms with E-state index in [9.17, 15) is 4.79 Å². The van der Waals surface area contributed by atoms with E-state index < -0.39 is 0 Å². The van der Waals surface area contributed by atoms with Crippen molar-refractivity contribution in [3.63, 3.8) is 0 Å². The maximum absolute atomic E-state index is 11.5. The Labute approximate surface area is 124 Å². The Morgan fingerprint density at radius 2 is 2.19 bits per heavy atom. The summed E-state index contributed by atoms with van der Waals surface area (Å²) in [6, 6.07) is 7.51. The van der Waals surface area contributed by atoms with E-state index in [1.54, 1.807) is 6.07 Å². The number of nitrogens with zero attached hydrogens (tertiary/aromatic N) is 1. The Morgan fingerprint density at radius 3 is 2.86 bits per heavy atom. The molecule has 0 spiro atoms. The number of piperidine rings is 1. The molecule has 0 saturated carbocycles. The molecule has 6 heteroatoms. The van der Waals surface area contributed by atoms with Gasteiger partial charge in [-0.05, 0) is 30.5 Å². The summed E-state index contributed by atoms with van der Waals surface area (Å²) in [6.07, 6.45) is 2.20. The molecule has 1 heterocycles. The molecule has 1 fully saturated rings. The normalized spacial score (nSPS) is 16.9. The fourth-order valence-electron chi connectivity index (χ4n) is 2.61. The van der Waals surface area contributed by atoms with Crippen LogP contribution in [-0.4, -0.2) is 48.3 Å². The number of nitrogen functional groups attached to an aromatic ring is 1. The van der Waals surface area contributed by atoms with Crippen LogP contribution in [0.25, 0.3) is 0 Å². The lowest BCUT2D eigenvalue weighted by atomic mass is 10.1. The number of hydrogen-bond acceptors (Lipinski definition) is 5. The second-order valence-corrected chi connectivity index (χ2v) is 5.24. The zero-order chi connectivity index (χ0) is 15.1. The first-order valence-electron chi connectivity index (χ1n) is 7.27. The van der Waals surface area contributed by atoms with E-state index in [-0.39, 0.29) is 18.6 Å². The Balaban J connectivity index is 1.84. The summed E-state index contributed by atoms with van der Waals surface area (Å²) in [7, 11) is 0. The number of ether oxygens (including phenoxy) is 1. The number of aliphatic hydroxyl groups excluding tert-OH is 1. The van der Waals surface area contributed by atoms with Gasteiger partial charge in [-0.25, -0.2) is 5.84 Å². The molecular formula is C15H23N3O3. The van der Waals surface area contributed by atoms with Crippen molar-refractivity contribution in [1.29, 1.82) is 0 Å². The van der Waals surface area contributed by atoms with Crippen molar-refractivity contribution in [1.82, 2.24) is 10.3 Å². The van der Waals surface area contributed by atoms with Crippen LogP contribution < -0.4 is 11.3 Å². The number of carbonyl (C=O) groups excluding carboxylic acids is 1. The van der Waals surface area contributed by atoms with Gasteiger partial charge in [0.2, 0.25) is 0 Å². The third-order valence-corrected chi connectivity index (χ3v) is 3.71. The number of hydrogen-bond donors (Lipinski definition) is 3. The molecule has 1 amide bonds. The number of amides is 1. The summed E-state index contributed by atoms with van der Waals surface area (Å²) < 4.78 is 5.55. The van der Waals surface area contributed by atoms with E-state index in [1.165, 1.54) is 0 Å². The van der Waals surface area contributed by atoms with Crippen LogP contribution >= 0.6 is 0 Å². The van der Waals surface area contributed by atoms with Gasteiger partial charge in [0.05, 0.1) is 19.3 Å². The molecule has 116 valence electrons. The van der Waals surface area contributed by atoms with Crippen LogP contribution in [0.2, 0.25) is 0 Å². The molecule has 0 aliphatic carbocycles. The molecule has 1 aromatic carbocycles. The second-order valence-electron chi connectivity index (χ2n) is 5.24. The van der Waals surface area contributed by atoms with Crippen LogP contribution in [0.3, 0.4) is 0 Å². The predicted molar refractivity (Wildman–Crippen MR) is 79.4 cm³/mol. The van der Waals surface area contributed by atoms with E-state index in [1.807, 2.05) is 18.2 Å². The van der Waals surface area contributed by atoms with Crippen molar-refractivity contribution in [2.45, 2.75) is 25.5 Å². The molecule has 0 atom stereocenters. The van der Waals surface area contributed by atoms with Gasteiger partial charge in [0, 0.05) is 25.2 Å². The fraction of sp³-hybridized carbons (Fsp3) is 0.533. The fourth-order valence-corrected chi connectivity index (χ4v) is 2.61. The van der Waals surface area contributed by atoms with Crippen LogP contribution in [0, 0.1) is 0 Å². The van der Waals surface area contributed by atoms with Gasteiger partial charge in [0.1, 0.15) is 0 Å². The van der Waals surface area contributed by atoms with E-state index in [0.29, 0.717) is 12.2 Å². The largest absolute Gasteiger partial charge is 0.394 e. The SMILES string of the molecule is NNC(=O)c1cccc(CN2CCC(OCCO)CC2)c1. The van der Waals surface area contributed by atoms with Gasteiger partial charge < -0.3 is 9.84 Å². The van der Waals surface area contributed by atoms with E-state index in [4.69, 9.17) is 15.7 Å². The standard InChI is InChI=1S/C15H23N3O3/c16-17-15(20)13-3-1-2-12(10-13)11-18-6-4-14(5-7-18)21-9-8-19/h1-3,10,14,19H,4-9,11,16H2,(H,17,20). The summed E-state index contributed by atoms with van der Waals surface area (Å²) in [5, 5.41) is 8.76. The molecule has 0 radical (unpaired) electrons. The minimum absolute atomic E-state index is 0.0796. The molecule has 1 saturated heterocycles. The highest BCUT2D eigenvalue weighted by molar-refractivity contribution is 5.93. The molecule has 1 aliphatic heterocycles. The first-order valence-corrected chi connectivity index (χ1v) is 7.27. The minimum atomic E-state index is -0.270. The van der Waals surface area contributed by atoms with Gasteiger partial charge in [-0.15, -0.1) is 0 Å². The molecule has 1 aliphatic rings. The first kappa shape index (κ1) is 15.9. The molecule has 21 heavy (non-hydrogen) atoms. The number of aliphatic hydroxyl groups is 1. The lowest BCUT2D eigenvalue weighted by Crippen LogP contribution is -2.37. The van der Waals surface area contributed by atoms with E-state index >= 15 is 0 Å². The van der Waals surface area contributed by atoms with E-state index in [2.05, 4.69) is 10.3 Å². The quantitative estimate of drug-likeness (QED) is 0.398. The number of hydrazine groups is 1. The Morgan fingerprint density at radius 1 is 1.43 bits per heavy atom. The molecule has 2 rings (SSSR count). The lowest BCUT2D eigenvalue weighted by Gasteiger charge is -2.31. The highest BCUT2D eigenvalue weighted by atomic mass is 16.5. The Kier molecular flexibility index (Phi) is 6.13. The molecule has 1 aromatic rings. The molecule has 0 aromatic heterocycles. The predicted octanol–water partition coefficient (Wildman–Crippen LogP) is 0.263. The van der Waals surface area contributed by atoms with Crippen molar-refractivity contribution in [3.05, 3.63) is 35.4 Å². The lowest BCUT2D eigenvalue weighted by molar-refractivity contribution is -0.00901. The van der Waals surface area contributed by atoms with Gasteiger partial charge in [0.25, 0.3) is 5.91 Å². The third-order valence-electron chi connectivity index (χ3n) is 3.71. The van der Waals surface area contributed by atoms with Crippen LogP contribution in [0.1, 0.15) is 28.8 Å². The number of nitrogens with two attached hydrogens (primary N) is 1. The van der Waals surface area contributed by atoms with Crippen molar-refractivity contribution in [2.75, 3.05) is 26.3 Å². The number of benzene rings is 1. The zero-order valence-corrected chi connectivity index (χ0v) is 12.1. The van der Waals surface area contributed by atoms with Crippen LogP contribution in [0.4, 0.5) is 0 Å². The maximum atomic E-state index is 11.5. The van der Waals surface area contributed by atoms with Crippen molar-refractivity contribution < 1.29 is 14.6 Å². The molecule has 4 N–H and O–H groups in total. The van der Waals surface area contributed by atoms with Crippen LogP contribution in [0.15, 0.2) is 24.3 Å². The van der Waals surface area contributed by atoms with Crippen LogP contribution in [0.5, 0.6) is 0 Å². The number of likely N-dealkylation sites (tertiary alicyclic amines) is 1. The topological polar surface area (TPSA) is 87.8 Å². The highest BCUT2D eigenvalue weighted by Gasteiger charge is 2.19. The van der Waals surface area contributed by atoms with E-state index in [0.717, 1.165) is 38.0 Å². The van der Waals surface area contributed by atoms with Gasteiger partial charge in [-0.3, -0.25) is 15.1 Å². The van der Waals surface area contributed by atoms with Crippen molar-refractivity contribution in [3.8, 4) is 0 Å². The molecule has 6 nitrogen and oxygen atoms in total. The van der Waals surface area contributed by atoms with Gasteiger partial charge >= 0.3 is 0 Å². The Bertz CT molecular complexity index is 459. The third kappa shape index (κ3) is 4.78. The van der Waals surface area contributed by atoms with Crippen LogP contribution in [-0.2, 0) is 11.3 Å². The van der Waals surface area contributed by atoms with Gasteiger partial charge in [0.15, 0.2) is 0 Å². The second kappa shape index (κ2) is 8.09. The summed E-state index contributed by atoms with van der Waals surface area (Å²) in [5.41, 5.74) is 3.83. The average molecular weight is 293 g/mol. The molecular weight excluding hydrogens is 270 g/mol. The number of rotatable bonds is 6. The highest BCUT2D eigenvalue weighted by Crippen LogP contribution is 2.16. The van der Waals surface area contributed by atoms with Gasteiger partial charge in [-0.1, -0.05) is 12.1 Å². The van der Waals surface area contributed by atoms with Crippen molar-refractivity contribution in [2.24, 2.45) is 5.84 Å². The smallest absolute Gasteiger partial charge is 0.265 e. The monoisotopic (exact) mass is 293 g/mol. The summed E-state index contributed by atoms with van der Waals surface area (Å²) in [6.45, 7) is 3.24. The number of carbonyl (C=O) groups is 1.